The number of aromatic nitrogens is 1. The van der Waals surface area contributed by atoms with E-state index in [1.165, 1.54) is 5.56 Å². The van der Waals surface area contributed by atoms with Gasteiger partial charge in [0, 0.05) is 17.9 Å². The van der Waals surface area contributed by atoms with E-state index in [2.05, 4.69) is 23.1 Å². The van der Waals surface area contributed by atoms with Crippen molar-refractivity contribution < 1.29 is 0 Å². The third-order valence-corrected chi connectivity index (χ3v) is 2.90. The second-order valence-corrected chi connectivity index (χ2v) is 4.17. The quantitative estimate of drug-likeness (QED) is 0.660. The van der Waals surface area contributed by atoms with Crippen molar-refractivity contribution >= 4 is 6.71 Å². The highest BCUT2D eigenvalue weighted by molar-refractivity contribution is 6.69. The maximum Gasteiger partial charge on any atom is 0.268 e. The van der Waals surface area contributed by atoms with E-state index in [0.717, 1.165) is 30.7 Å². The van der Waals surface area contributed by atoms with Crippen LogP contribution in [0.15, 0.2) is 18.3 Å². The fourth-order valence-corrected chi connectivity index (χ4v) is 2.07. The predicted molar refractivity (Wildman–Crippen MR) is 57.1 cm³/mol. The summed E-state index contributed by atoms with van der Waals surface area (Å²) >= 11 is 0. The zero-order chi connectivity index (χ0) is 9.97. The zero-order valence-corrected chi connectivity index (χ0v) is 8.40. The van der Waals surface area contributed by atoms with Crippen LogP contribution in [0.5, 0.6) is 0 Å². The first kappa shape index (κ1) is 9.27. The van der Waals surface area contributed by atoms with E-state index in [1.807, 2.05) is 13.1 Å². The van der Waals surface area contributed by atoms with Crippen molar-refractivity contribution in [2.75, 3.05) is 0 Å². The topological polar surface area (TPSA) is 36.7 Å². The van der Waals surface area contributed by atoms with Gasteiger partial charge in [0.25, 0.3) is 6.71 Å². The van der Waals surface area contributed by atoms with Crippen molar-refractivity contribution in [2.24, 2.45) is 5.92 Å². The van der Waals surface area contributed by atoms with E-state index in [0.29, 0.717) is 6.71 Å². The number of aryl methyl sites for hydroxylation is 1. The van der Waals surface area contributed by atoms with Gasteiger partial charge in [-0.3, -0.25) is 4.98 Å². The number of hydrogen-bond donors (Lipinski definition) is 0. The maximum absolute atomic E-state index is 8.65. The molecule has 0 spiro atoms. The molecule has 1 aromatic heterocycles. The molecule has 70 valence electrons. The highest BCUT2D eigenvalue weighted by Crippen LogP contribution is 2.31. The smallest absolute Gasteiger partial charge is 0.262 e. The van der Waals surface area contributed by atoms with Gasteiger partial charge in [0.05, 0.1) is 0 Å². The third kappa shape index (κ3) is 1.96. The Morgan fingerprint density at radius 2 is 2.43 bits per heavy atom. The Morgan fingerprint density at radius 3 is 3.07 bits per heavy atom. The largest absolute Gasteiger partial charge is 0.268 e. The molecule has 0 aliphatic carbocycles. The summed E-state index contributed by atoms with van der Waals surface area (Å²) in [6.45, 7) is 2.34. The summed E-state index contributed by atoms with van der Waals surface area (Å²) in [6, 6.07) is 4.21. The van der Waals surface area contributed by atoms with Crippen LogP contribution in [0.1, 0.15) is 11.3 Å². The molecule has 14 heavy (non-hydrogen) atoms. The summed E-state index contributed by atoms with van der Waals surface area (Å²) in [5, 5.41) is 8.65. The van der Waals surface area contributed by atoms with Crippen LogP contribution in [-0.2, 0) is 6.42 Å². The van der Waals surface area contributed by atoms with Crippen molar-refractivity contribution in [3.05, 3.63) is 29.6 Å². The van der Waals surface area contributed by atoms with Crippen LogP contribution in [0.2, 0.25) is 12.6 Å². The van der Waals surface area contributed by atoms with Crippen LogP contribution >= 0.6 is 0 Å². The first-order chi connectivity index (χ1) is 6.78. The molecule has 2 rings (SSSR count). The van der Waals surface area contributed by atoms with E-state index < -0.39 is 0 Å². The van der Waals surface area contributed by atoms with Crippen LogP contribution in [0, 0.1) is 24.1 Å². The summed E-state index contributed by atoms with van der Waals surface area (Å²) in [7, 11) is 0. The molecule has 3 heteroatoms. The Morgan fingerprint density at radius 1 is 1.64 bits per heavy atom. The summed E-state index contributed by atoms with van der Waals surface area (Å²) in [5.74, 6) is 3.04. The molecule has 2 heterocycles. The van der Waals surface area contributed by atoms with Crippen LogP contribution in [0.3, 0.4) is 0 Å². The molecule has 1 aromatic rings. The van der Waals surface area contributed by atoms with Crippen molar-refractivity contribution in [2.45, 2.75) is 26.0 Å². The summed E-state index contributed by atoms with van der Waals surface area (Å²) < 4.78 is 0. The normalized spacial score (nSPS) is 16.1. The van der Waals surface area contributed by atoms with Gasteiger partial charge in [-0.1, -0.05) is 12.6 Å². The molecule has 0 N–H and O–H groups in total. The molecule has 0 saturated carbocycles. The van der Waals surface area contributed by atoms with E-state index in [4.69, 9.17) is 5.26 Å². The molecule has 1 saturated heterocycles. The van der Waals surface area contributed by atoms with Gasteiger partial charge in [0.2, 0.25) is 0 Å². The van der Waals surface area contributed by atoms with Crippen LogP contribution in [-0.4, -0.2) is 11.7 Å². The number of rotatable bonds is 2. The molecule has 0 amide bonds. The molecular weight excluding hydrogens is 171 g/mol. The van der Waals surface area contributed by atoms with Crippen molar-refractivity contribution in [1.82, 2.24) is 4.98 Å². The lowest BCUT2D eigenvalue weighted by atomic mass is 9.32. The second-order valence-electron chi connectivity index (χ2n) is 4.17. The Kier molecular flexibility index (Phi) is 2.54. The molecule has 1 aliphatic heterocycles. The van der Waals surface area contributed by atoms with Gasteiger partial charge in [0.15, 0.2) is 0 Å². The standard InChI is InChI=1S/C11H13BN2/c1-9-4-10(2-3-14-9)5-11-6-12(7-11)8-13/h2-4,11H,5-7H2,1H3. The van der Waals surface area contributed by atoms with Crippen LogP contribution in [0.25, 0.3) is 0 Å². The Bertz CT molecular complexity index is 364. The van der Waals surface area contributed by atoms with Gasteiger partial charge in [-0.05, 0) is 37.0 Å². The maximum atomic E-state index is 8.65. The Labute approximate surface area is 85.1 Å². The highest BCUT2D eigenvalue weighted by Gasteiger charge is 2.32. The van der Waals surface area contributed by atoms with Crippen LogP contribution in [0.4, 0.5) is 0 Å². The first-order valence-electron chi connectivity index (χ1n) is 5.09. The lowest BCUT2D eigenvalue weighted by molar-refractivity contribution is 0.583. The first-order valence-corrected chi connectivity index (χ1v) is 5.09. The number of nitriles is 1. The van der Waals surface area contributed by atoms with Crippen molar-refractivity contribution in [3.8, 4) is 5.97 Å². The van der Waals surface area contributed by atoms with E-state index in [1.54, 1.807) is 0 Å². The summed E-state index contributed by atoms with van der Waals surface area (Å²) in [4.78, 5) is 4.17. The zero-order valence-electron chi connectivity index (χ0n) is 8.40. The number of nitrogens with zero attached hydrogens (tertiary/aromatic N) is 2. The Balaban J connectivity index is 1.91. The van der Waals surface area contributed by atoms with Crippen molar-refractivity contribution in [3.63, 3.8) is 0 Å². The highest BCUT2D eigenvalue weighted by atomic mass is 14.6. The van der Waals surface area contributed by atoms with E-state index >= 15 is 0 Å². The average molecular weight is 184 g/mol. The third-order valence-electron chi connectivity index (χ3n) is 2.90. The minimum atomic E-state index is 0.322. The van der Waals surface area contributed by atoms with Gasteiger partial charge in [0.1, 0.15) is 0 Å². The molecule has 1 fully saturated rings. The Hall–Kier alpha value is -1.30. The fraction of sp³-hybridized carbons (Fsp3) is 0.455. The predicted octanol–water partition coefficient (Wildman–Crippen LogP) is 2.12. The molecule has 0 bridgehead atoms. The SMILES string of the molecule is Cc1cc(CC2CB(C#N)C2)ccn1. The summed E-state index contributed by atoms with van der Waals surface area (Å²) in [6.07, 6.45) is 5.14. The minimum Gasteiger partial charge on any atom is -0.262 e. The van der Waals surface area contributed by atoms with Gasteiger partial charge in [-0.2, -0.15) is 0 Å². The lowest BCUT2D eigenvalue weighted by Gasteiger charge is -2.28. The average Bonchev–Trinajstić information content (AvgIpc) is 2.10. The molecule has 0 aromatic carbocycles. The fourth-order valence-electron chi connectivity index (χ4n) is 2.07. The second kappa shape index (κ2) is 3.83. The number of pyridine rings is 1. The molecule has 2 nitrogen and oxygen atoms in total. The molecule has 1 aliphatic rings. The monoisotopic (exact) mass is 184 g/mol. The summed E-state index contributed by atoms with van der Waals surface area (Å²) in [5.41, 5.74) is 2.44. The van der Waals surface area contributed by atoms with Crippen molar-refractivity contribution in [1.29, 1.82) is 5.26 Å². The number of hydrogen-bond acceptors (Lipinski definition) is 2. The van der Waals surface area contributed by atoms with E-state index in [9.17, 15) is 0 Å². The van der Waals surface area contributed by atoms with Gasteiger partial charge in [-0.15, -0.1) is 0 Å². The lowest BCUT2D eigenvalue weighted by Crippen LogP contribution is -2.31. The molecule has 0 unspecified atom stereocenters. The van der Waals surface area contributed by atoms with Gasteiger partial charge >= 0.3 is 0 Å². The minimum absolute atomic E-state index is 0.322. The van der Waals surface area contributed by atoms with Gasteiger partial charge in [-0.25, -0.2) is 5.26 Å². The van der Waals surface area contributed by atoms with E-state index in [-0.39, 0.29) is 0 Å². The molecule has 0 radical (unpaired) electrons. The van der Waals surface area contributed by atoms with Crippen LogP contribution < -0.4 is 0 Å². The van der Waals surface area contributed by atoms with Gasteiger partial charge < -0.3 is 0 Å². The molecular formula is C11H13BN2. The molecule has 0 atom stereocenters.